The zero-order chi connectivity index (χ0) is 19.7. The van der Waals surface area contributed by atoms with Crippen LogP contribution in [0.25, 0.3) is 6.08 Å². The van der Waals surface area contributed by atoms with Gasteiger partial charge in [0.2, 0.25) is 10.0 Å². The van der Waals surface area contributed by atoms with Gasteiger partial charge < -0.3 is 14.4 Å². The van der Waals surface area contributed by atoms with Gasteiger partial charge in [0.05, 0.1) is 13.2 Å². The molecule has 1 unspecified atom stereocenters. The number of hydrogen-bond donors (Lipinski definition) is 0. The molecule has 1 aromatic carbocycles. The van der Waals surface area contributed by atoms with Crippen LogP contribution in [-0.2, 0) is 24.3 Å². The summed E-state index contributed by atoms with van der Waals surface area (Å²) in [6, 6.07) is 9.28. The fraction of sp³-hybridized carbons (Fsp3) is 0.526. The van der Waals surface area contributed by atoms with E-state index < -0.39 is 16.1 Å². The fourth-order valence-electron chi connectivity index (χ4n) is 2.73. The quantitative estimate of drug-likeness (QED) is 0.592. The molecule has 0 radical (unpaired) electrons. The summed E-state index contributed by atoms with van der Waals surface area (Å²) in [4.78, 5) is 14.1. The van der Waals surface area contributed by atoms with Gasteiger partial charge in [-0.3, -0.25) is 4.79 Å². The average molecular weight is 397 g/mol. The van der Waals surface area contributed by atoms with Gasteiger partial charge in [-0.05, 0) is 25.5 Å². The van der Waals surface area contributed by atoms with Crippen molar-refractivity contribution in [2.75, 3.05) is 46.0 Å². The van der Waals surface area contributed by atoms with Crippen LogP contribution in [0.15, 0.2) is 35.7 Å². The van der Waals surface area contributed by atoms with Crippen LogP contribution in [0.1, 0.15) is 19.4 Å². The standard InChI is InChI=1S/C19H28N2O5S/c1-3-25-14-15-26-17(2)19(22)20-10-12-21(13-11-20)27(23,24)16-9-18-7-5-4-6-8-18/h4-9,16-17H,3,10-15H2,1-2H3/b16-9+. The van der Waals surface area contributed by atoms with Crippen LogP contribution in [0.3, 0.4) is 0 Å². The minimum absolute atomic E-state index is 0.122. The first kappa shape index (κ1) is 21.6. The lowest BCUT2D eigenvalue weighted by Gasteiger charge is -2.34. The molecule has 27 heavy (non-hydrogen) atoms. The largest absolute Gasteiger partial charge is 0.379 e. The molecule has 0 spiro atoms. The number of hydrogen-bond acceptors (Lipinski definition) is 5. The van der Waals surface area contributed by atoms with Crippen molar-refractivity contribution in [3.8, 4) is 0 Å². The average Bonchev–Trinajstić information content (AvgIpc) is 2.70. The molecule has 1 amide bonds. The molecule has 1 fully saturated rings. The van der Waals surface area contributed by atoms with Crippen molar-refractivity contribution in [2.45, 2.75) is 20.0 Å². The van der Waals surface area contributed by atoms with Gasteiger partial charge in [0.25, 0.3) is 5.91 Å². The van der Waals surface area contributed by atoms with Gasteiger partial charge in [0, 0.05) is 38.2 Å². The number of sulfonamides is 1. The van der Waals surface area contributed by atoms with Crippen LogP contribution in [0.2, 0.25) is 0 Å². The molecule has 1 aliphatic heterocycles. The summed E-state index contributed by atoms with van der Waals surface area (Å²) in [7, 11) is -3.50. The second-order valence-electron chi connectivity index (χ2n) is 6.19. The molecule has 7 nitrogen and oxygen atoms in total. The topological polar surface area (TPSA) is 76.2 Å². The maximum Gasteiger partial charge on any atom is 0.251 e. The Bertz CT molecular complexity index is 713. The van der Waals surface area contributed by atoms with E-state index in [1.807, 2.05) is 37.3 Å². The van der Waals surface area contributed by atoms with Crippen molar-refractivity contribution in [1.29, 1.82) is 0 Å². The molecule has 2 rings (SSSR count). The fourth-order valence-corrected chi connectivity index (χ4v) is 3.91. The molecule has 8 heteroatoms. The van der Waals surface area contributed by atoms with Gasteiger partial charge in [0.1, 0.15) is 6.10 Å². The lowest BCUT2D eigenvalue weighted by Crippen LogP contribution is -2.52. The van der Waals surface area contributed by atoms with Crippen LogP contribution < -0.4 is 0 Å². The zero-order valence-electron chi connectivity index (χ0n) is 15.9. The van der Waals surface area contributed by atoms with E-state index in [4.69, 9.17) is 9.47 Å². The molecular weight excluding hydrogens is 368 g/mol. The van der Waals surface area contributed by atoms with Crippen molar-refractivity contribution in [3.05, 3.63) is 41.3 Å². The highest BCUT2D eigenvalue weighted by molar-refractivity contribution is 7.92. The second-order valence-corrected chi connectivity index (χ2v) is 8.01. The predicted molar refractivity (Wildman–Crippen MR) is 104 cm³/mol. The monoisotopic (exact) mass is 396 g/mol. The maximum atomic E-state index is 12.5. The van der Waals surface area contributed by atoms with Crippen molar-refractivity contribution in [2.24, 2.45) is 0 Å². The number of carbonyl (C=O) groups is 1. The van der Waals surface area contributed by atoms with E-state index in [-0.39, 0.29) is 19.0 Å². The first-order valence-corrected chi connectivity index (χ1v) is 10.7. The SMILES string of the molecule is CCOCCOC(C)C(=O)N1CCN(S(=O)(=O)/C=C/c2ccccc2)CC1. The molecule has 0 saturated carbocycles. The summed E-state index contributed by atoms with van der Waals surface area (Å²) in [5.74, 6) is -0.122. The Morgan fingerprint density at radius 2 is 1.81 bits per heavy atom. The van der Waals surface area contributed by atoms with Gasteiger partial charge in [-0.2, -0.15) is 4.31 Å². The van der Waals surface area contributed by atoms with Crippen LogP contribution in [-0.4, -0.2) is 75.6 Å². The molecule has 0 aromatic heterocycles. The Kier molecular flexibility index (Phi) is 8.43. The molecule has 1 heterocycles. The third kappa shape index (κ3) is 6.73. The first-order valence-electron chi connectivity index (χ1n) is 9.15. The van der Waals surface area contributed by atoms with Gasteiger partial charge in [-0.15, -0.1) is 0 Å². The summed E-state index contributed by atoms with van der Waals surface area (Å²) >= 11 is 0. The number of ether oxygens (including phenoxy) is 2. The summed E-state index contributed by atoms with van der Waals surface area (Å²) in [6.45, 7) is 6.30. The molecule has 150 valence electrons. The van der Waals surface area contributed by atoms with E-state index in [1.54, 1.807) is 17.9 Å². The third-order valence-electron chi connectivity index (χ3n) is 4.29. The Hall–Kier alpha value is -1.74. The lowest BCUT2D eigenvalue weighted by atomic mass is 10.2. The van der Waals surface area contributed by atoms with E-state index in [1.165, 1.54) is 9.71 Å². The van der Waals surface area contributed by atoms with Gasteiger partial charge in [0.15, 0.2) is 0 Å². The molecule has 1 atom stereocenters. The van der Waals surface area contributed by atoms with Crippen LogP contribution in [0, 0.1) is 0 Å². The summed E-state index contributed by atoms with van der Waals surface area (Å²) in [5.41, 5.74) is 0.827. The number of benzene rings is 1. The lowest BCUT2D eigenvalue weighted by molar-refractivity contribution is -0.144. The summed E-state index contributed by atoms with van der Waals surface area (Å²) in [5, 5.41) is 1.22. The molecule has 1 saturated heterocycles. The highest BCUT2D eigenvalue weighted by Gasteiger charge is 2.29. The second kappa shape index (κ2) is 10.6. The maximum absolute atomic E-state index is 12.5. The Morgan fingerprint density at radius 1 is 1.15 bits per heavy atom. The summed E-state index contributed by atoms with van der Waals surface area (Å²) in [6.07, 6.45) is 1.02. The van der Waals surface area contributed by atoms with Gasteiger partial charge in [-0.1, -0.05) is 30.3 Å². The molecule has 0 aliphatic carbocycles. The Labute approximate surface area is 161 Å². The normalized spacial score (nSPS) is 17.3. The van der Waals surface area contributed by atoms with E-state index in [9.17, 15) is 13.2 Å². The van der Waals surface area contributed by atoms with Crippen molar-refractivity contribution in [1.82, 2.24) is 9.21 Å². The molecule has 1 aliphatic rings. The van der Waals surface area contributed by atoms with Crippen LogP contribution >= 0.6 is 0 Å². The van der Waals surface area contributed by atoms with Crippen molar-refractivity contribution < 1.29 is 22.7 Å². The number of rotatable bonds is 9. The smallest absolute Gasteiger partial charge is 0.251 e. The van der Waals surface area contributed by atoms with E-state index in [2.05, 4.69) is 0 Å². The zero-order valence-corrected chi connectivity index (χ0v) is 16.7. The molecular formula is C19H28N2O5S. The van der Waals surface area contributed by atoms with E-state index in [0.29, 0.717) is 32.9 Å². The van der Waals surface area contributed by atoms with Gasteiger partial charge >= 0.3 is 0 Å². The number of nitrogens with zero attached hydrogens (tertiary/aromatic N) is 2. The minimum Gasteiger partial charge on any atom is -0.379 e. The van der Waals surface area contributed by atoms with Crippen LogP contribution in [0.4, 0.5) is 0 Å². The number of piperazine rings is 1. The summed E-state index contributed by atoms with van der Waals surface area (Å²) < 4.78 is 37.0. The third-order valence-corrected chi connectivity index (χ3v) is 5.85. The molecule has 1 aromatic rings. The highest BCUT2D eigenvalue weighted by Crippen LogP contribution is 2.13. The van der Waals surface area contributed by atoms with Crippen molar-refractivity contribution in [3.63, 3.8) is 0 Å². The van der Waals surface area contributed by atoms with Crippen LogP contribution in [0.5, 0.6) is 0 Å². The molecule has 0 N–H and O–H groups in total. The minimum atomic E-state index is -3.50. The van der Waals surface area contributed by atoms with Gasteiger partial charge in [-0.25, -0.2) is 8.42 Å². The number of carbonyl (C=O) groups excluding carboxylic acids is 1. The van der Waals surface area contributed by atoms with Crippen molar-refractivity contribution >= 4 is 22.0 Å². The molecule has 0 bridgehead atoms. The van der Waals surface area contributed by atoms with E-state index >= 15 is 0 Å². The Balaban J connectivity index is 1.83. The first-order chi connectivity index (χ1) is 12.9. The predicted octanol–water partition coefficient (Wildman–Crippen LogP) is 1.57. The number of amides is 1. The highest BCUT2D eigenvalue weighted by atomic mass is 32.2. The van der Waals surface area contributed by atoms with E-state index in [0.717, 1.165) is 5.56 Å². The Morgan fingerprint density at radius 3 is 2.44 bits per heavy atom.